The lowest BCUT2D eigenvalue weighted by Gasteiger charge is -2.26. The monoisotopic (exact) mass is 247 g/mol. The van der Waals surface area contributed by atoms with Crippen molar-refractivity contribution in [3.8, 4) is 0 Å². The molecule has 1 saturated carbocycles. The Kier molecular flexibility index (Phi) is 5.52. The smallest absolute Gasteiger partial charge is 0.225 e. The Labute approximate surface area is 104 Å². The van der Waals surface area contributed by atoms with Crippen LogP contribution in [0, 0.1) is 5.92 Å². The molecule has 1 amide bonds. The Morgan fingerprint density at radius 3 is 2.56 bits per heavy atom. The third-order valence-electron chi connectivity index (χ3n) is 3.32. The molecule has 16 heavy (non-hydrogen) atoms. The van der Waals surface area contributed by atoms with Gasteiger partial charge in [-0.2, -0.15) is 0 Å². The molecular weight excluding hydrogens is 226 g/mol. The van der Waals surface area contributed by atoms with E-state index in [0.29, 0.717) is 0 Å². The van der Waals surface area contributed by atoms with Crippen LogP contribution in [0.2, 0.25) is 0 Å². The number of halogens is 1. The van der Waals surface area contributed by atoms with Crippen LogP contribution < -0.4 is 10.6 Å². The molecule has 0 spiro atoms. The topological polar surface area (TPSA) is 44.4 Å². The highest BCUT2D eigenvalue weighted by molar-refractivity contribution is 5.85. The average molecular weight is 248 g/mol. The first-order valence-corrected chi connectivity index (χ1v) is 6.03. The fourth-order valence-corrected chi connectivity index (χ4v) is 1.98. The number of rotatable bonds is 6. The number of amides is 1. The Balaban J connectivity index is 0.00000128. The van der Waals surface area contributed by atoms with Crippen molar-refractivity contribution < 1.29 is 4.79 Å². The maximum absolute atomic E-state index is 11.5. The fourth-order valence-electron chi connectivity index (χ4n) is 1.98. The zero-order valence-corrected chi connectivity index (χ0v) is 10.7. The standard InChI is InChI=1S/C11H21N3O.ClH/c1-2-14(10-3-4-10)6-5-13-11(15)9-7-12-8-9;/h9-10,12H,2-8H2,1H3,(H,13,15);1H. The lowest BCUT2D eigenvalue weighted by atomic mass is 10.0. The maximum atomic E-state index is 11.5. The molecule has 0 aromatic carbocycles. The van der Waals surface area contributed by atoms with E-state index < -0.39 is 0 Å². The van der Waals surface area contributed by atoms with Gasteiger partial charge in [0.2, 0.25) is 5.91 Å². The summed E-state index contributed by atoms with van der Waals surface area (Å²) in [6.45, 7) is 6.81. The lowest BCUT2D eigenvalue weighted by molar-refractivity contribution is -0.126. The second-order valence-electron chi connectivity index (χ2n) is 4.51. The van der Waals surface area contributed by atoms with E-state index in [1.807, 2.05) is 0 Å². The van der Waals surface area contributed by atoms with Gasteiger partial charge >= 0.3 is 0 Å². The molecule has 1 aliphatic carbocycles. The quantitative estimate of drug-likeness (QED) is 0.706. The molecule has 4 nitrogen and oxygen atoms in total. The summed E-state index contributed by atoms with van der Waals surface area (Å²) >= 11 is 0. The van der Waals surface area contributed by atoms with Crippen molar-refractivity contribution >= 4 is 18.3 Å². The highest BCUT2D eigenvalue weighted by Gasteiger charge is 2.28. The number of hydrogen-bond donors (Lipinski definition) is 2. The van der Waals surface area contributed by atoms with Gasteiger partial charge in [-0.25, -0.2) is 0 Å². The number of nitrogens with zero attached hydrogens (tertiary/aromatic N) is 1. The van der Waals surface area contributed by atoms with Crippen molar-refractivity contribution in [1.82, 2.24) is 15.5 Å². The Bertz CT molecular complexity index is 229. The number of carbonyl (C=O) groups is 1. The molecule has 2 rings (SSSR count). The van der Waals surface area contributed by atoms with E-state index in [4.69, 9.17) is 0 Å². The van der Waals surface area contributed by atoms with Gasteiger partial charge in [0.25, 0.3) is 0 Å². The van der Waals surface area contributed by atoms with E-state index >= 15 is 0 Å². The predicted molar refractivity (Wildman–Crippen MR) is 66.9 cm³/mol. The molecule has 2 fully saturated rings. The zero-order valence-electron chi connectivity index (χ0n) is 9.87. The van der Waals surface area contributed by atoms with Crippen LogP contribution in [-0.4, -0.2) is 49.6 Å². The minimum Gasteiger partial charge on any atom is -0.354 e. The van der Waals surface area contributed by atoms with Gasteiger partial charge < -0.3 is 10.6 Å². The average Bonchev–Trinajstić information content (AvgIpc) is 2.92. The first kappa shape index (κ1) is 13.7. The fraction of sp³-hybridized carbons (Fsp3) is 0.909. The SMILES string of the molecule is CCN(CCNC(=O)C1CNC1)C1CC1.Cl. The Hall–Kier alpha value is -0.320. The van der Waals surface area contributed by atoms with Gasteiger partial charge in [-0.05, 0) is 19.4 Å². The molecular formula is C11H22ClN3O. The summed E-state index contributed by atoms with van der Waals surface area (Å²) in [7, 11) is 0. The highest BCUT2D eigenvalue weighted by atomic mass is 35.5. The summed E-state index contributed by atoms with van der Waals surface area (Å²) in [6.07, 6.45) is 2.68. The molecule has 2 N–H and O–H groups in total. The van der Waals surface area contributed by atoms with Gasteiger partial charge in [-0.3, -0.25) is 9.69 Å². The van der Waals surface area contributed by atoms with Gasteiger partial charge in [0.05, 0.1) is 5.92 Å². The number of hydrogen-bond acceptors (Lipinski definition) is 3. The summed E-state index contributed by atoms with van der Waals surface area (Å²) in [5.74, 6) is 0.446. The van der Waals surface area contributed by atoms with Gasteiger partial charge in [-0.15, -0.1) is 12.4 Å². The van der Waals surface area contributed by atoms with Crippen molar-refractivity contribution in [2.45, 2.75) is 25.8 Å². The van der Waals surface area contributed by atoms with Crippen molar-refractivity contribution in [3.63, 3.8) is 0 Å². The minimum atomic E-state index is 0. The summed E-state index contributed by atoms with van der Waals surface area (Å²) in [4.78, 5) is 14.0. The molecule has 0 radical (unpaired) electrons. The van der Waals surface area contributed by atoms with Gasteiger partial charge in [0.1, 0.15) is 0 Å². The molecule has 94 valence electrons. The third-order valence-corrected chi connectivity index (χ3v) is 3.32. The van der Waals surface area contributed by atoms with Crippen molar-refractivity contribution in [2.24, 2.45) is 5.92 Å². The van der Waals surface area contributed by atoms with Crippen LogP contribution in [0.1, 0.15) is 19.8 Å². The zero-order chi connectivity index (χ0) is 10.7. The molecule has 1 aliphatic heterocycles. The predicted octanol–water partition coefficient (Wildman–Crippen LogP) is 0.228. The summed E-state index contributed by atoms with van der Waals surface area (Å²) < 4.78 is 0. The van der Waals surface area contributed by atoms with Crippen LogP contribution in [0.25, 0.3) is 0 Å². The molecule has 2 aliphatic rings. The van der Waals surface area contributed by atoms with Crippen LogP contribution in [0.4, 0.5) is 0 Å². The summed E-state index contributed by atoms with van der Waals surface area (Å²) in [5, 5.41) is 6.12. The van der Waals surface area contributed by atoms with E-state index in [-0.39, 0.29) is 24.2 Å². The first-order chi connectivity index (χ1) is 7.31. The van der Waals surface area contributed by atoms with Gasteiger partial charge in [0.15, 0.2) is 0 Å². The van der Waals surface area contributed by atoms with E-state index in [0.717, 1.165) is 38.8 Å². The Morgan fingerprint density at radius 1 is 1.44 bits per heavy atom. The van der Waals surface area contributed by atoms with Crippen LogP contribution in [0.5, 0.6) is 0 Å². The molecule has 5 heteroatoms. The normalized spacial score (nSPS) is 20.1. The van der Waals surface area contributed by atoms with Crippen LogP contribution in [0.15, 0.2) is 0 Å². The van der Waals surface area contributed by atoms with E-state index in [2.05, 4.69) is 22.5 Å². The van der Waals surface area contributed by atoms with Crippen LogP contribution >= 0.6 is 12.4 Å². The van der Waals surface area contributed by atoms with Crippen molar-refractivity contribution in [1.29, 1.82) is 0 Å². The second kappa shape index (κ2) is 6.42. The van der Waals surface area contributed by atoms with E-state index in [9.17, 15) is 4.79 Å². The molecule has 1 saturated heterocycles. The maximum Gasteiger partial charge on any atom is 0.225 e. The number of likely N-dealkylation sites (N-methyl/N-ethyl adjacent to an activating group) is 1. The number of nitrogens with one attached hydrogen (secondary N) is 2. The van der Waals surface area contributed by atoms with Gasteiger partial charge in [-0.1, -0.05) is 6.92 Å². The summed E-state index contributed by atoms with van der Waals surface area (Å²) in [6, 6.07) is 0.803. The minimum absolute atomic E-state index is 0. The summed E-state index contributed by atoms with van der Waals surface area (Å²) in [5.41, 5.74) is 0. The molecule has 0 unspecified atom stereocenters. The lowest BCUT2D eigenvalue weighted by Crippen LogP contribution is -2.51. The second-order valence-corrected chi connectivity index (χ2v) is 4.51. The van der Waals surface area contributed by atoms with Gasteiger partial charge in [0, 0.05) is 32.2 Å². The van der Waals surface area contributed by atoms with E-state index in [1.165, 1.54) is 12.8 Å². The molecule has 0 atom stereocenters. The third kappa shape index (κ3) is 3.61. The largest absolute Gasteiger partial charge is 0.354 e. The molecule has 1 heterocycles. The van der Waals surface area contributed by atoms with Crippen LogP contribution in [-0.2, 0) is 4.79 Å². The van der Waals surface area contributed by atoms with Crippen LogP contribution in [0.3, 0.4) is 0 Å². The van der Waals surface area contributed by atoms with Crippen molar-refractivity contribution in [3.05, 3.63) is 0 Å². The first-order valence-electron chi connectivity index (χ1n) is 6.03. The molecule has 0 bridgehead atoms. The molecule has 0 aromatic rings. The molecule has 0 aromatic heterocycles. The Morgan fingerprint density at radius 2 is 2.12 bits per heavy atom. The van der Waals surface area contributed by atoms with Crippen molar-refractivity contribution in [2.75, 3.05) is 32.7 Å². The number of carbonyl (C=O) groups excluding carboxylic acids is 1. The highest BCUT2D eigenvalue weighted by Crippen LogP contribution is 2.25. The van der Waals surface area contributed by atoms with E-state index in [1.54, 1.807) is 0 Å².